The maximum Gasteiger partial charge on any atom is 0.418 e. The predicted molar refractivity (Wildman–Crippen MR) is 65.9 cm³/mol. The second-order valence-corrected chi connectivity index (χ2v) is 7.04. The van der Waals surface area contributed by atoms with Gasteiger partial charge < -0.3 is 9.29 Å². The number of hydrogen-bond acceptors (Lipinski definition) is 4. The Kier molecular flexibility index (Phi) is 5.61. The molecule has 0 aliphatic heterocycles. The smallest absolute Gasteiger partial charge is 0.418 e. The molecule has 0 radical (unpaired) electrons. The number of nitrogens with one attached hydrogen (secondary N) is 1. The van der Waals surface area contributed by atoms with E-state index in [4.69, 9.17) is 4.74 Å². The lowest BCUT2D eigenvalue weighted by molar-refractivity contribution is 0.00889. The van der Waals surface area contributed by atoms with E-state index in [1.807, 2.05) is 41.5 Å². The van der Waals surface area contributed by atoms with Crippen LogP contribution in [0.1, 0.15) is 48.0 Å². The van der Waals surface area contributed by atoms with Gasteiger partial charge in [0.2, 0.25) is 0 Å². The van der Waals surface area contributed by atoms with Crippen molar-refractivity contribution in [2.45, 2.75) is 54.1 Å². The average molecular weight is 264 g/mol. The van der Waals surface area contributed by atoms with E-state index < -0.39 is 17.4 Å². The molecule has 0 aromatic rings. The molecule has 2 unspecified atom stereocenters. The number of rotatable bonds is 3. The molecule has 0 aromatic heterocycles. The molecule has 0 heterocycles. The van der Waals surface area contributed by atoms with Crippen LogP contribution in [0, 0.1) is 10.8 Å². The maximum atomic E-state index is 11.3. The van der Waals surface area contributed by atoms with Crippen molar-refractivity contribution in [2.75, 3.05) is 0 Å². The van der Waals surface area contributed by atoms with Gasteiger partial charge >= 0.3 is 6.09 Å². The number of carbonyl (C=O) groups is 1. The summed E-state index contributed by atoms with van der Waals surface area (Å²) in [5.74, 6) is 0. The quantitative estimate of drug-likeness (QED) is 0.794. The van der Waals surface area contributed by atoms with Crippen molar-refractivity contribution in [1.29, 1.82) is 0 Å². The number of carbonyl (C=O) groups excluding carboxylic acids is 1. The summed E-state index contributed by atoms with van der Waals surface area (Å²) in [5, 5.41) is 0. The number of ether oxygens (including phenoxy) is 1. The minimum atomic E-state index is -2.64. The third-order valence-electron chi connectivity index (χ3n) is 2.18. The van der Waals surface area contributed by atoms with Crippen LogP contribution in [0.3, 0.4) is 0 Å². The summed E-state index contributed by atoms with van der Waals surface area (Å²) in [6.07, 6.45) is -0.608. The second kappa shape index (κ2) is 5.82. The molecule has 5 nitrogen and oxygen atoms in total. The summed E-state index contributed by atoms with van der Waals surface area (Å²) >= 11 is -2.64. The topological polar surface area (TPSA) is 78.5 Å². The molecule has 0 fully saturated rings. The highest BCUT2D eigenvalue weighted by atomic mass is 32.2. The summed E-state index contributed by atoms with van der Waals surface area (Å²) in [5.41, 5.74) is -0.246. The van der Waals surface area contributed by atoms with Gasteiger partial charge in [-0.3, -0.25) is 8.93 Å². The van der Waals surface area contributed by atoms with Gasteiger partial charge in [-0.15, -0.1) is 0 Å². The number of amides is 1. The van der Waals surface area contributed by atoms with Crippen molar-refractivity contribution < 1.29 is 18.3 Å². The first kappa shape index (κ1) is 16.4. The highest BCUT2D eigenvalue weighted by molar-refractivity contribution is 7.77. The Balaban J connectivity index is 4.62. The summed E-state index contributed by atoms with van der Waals surface area (Å²) in [4.78, 5) is 11.3. The van der Waals surface area contributed by atoms with Crippen LogP contribution in [-0.4, -0.2) is 21.0 Å². The largest absolute Gasteiger partial charge is 0.755 e. The molecule has 2 atom stereocenters. The molecular weight excluding hydrogens is 242 g/mol. The van der Waals surface area contributed by atoms with Crippen LogP contribution in [0.5, 0.6) is 0 Å². The molecule has 102 valence electrons. The minimum Gasteiger partial charge on any atom is -0.755 e. The van der Waals surface area contributed by atoms with E-state index in [2.05, 4.69) is 0 Å². The van der Waals surface area contributed by atoms with Crippen LogP contribution in [0.2, 0.25) is 0 Å². The van der Waals surface area contributed by atoms with E-state index in [0.29, 0.717) is 6.42 Å². The molecule has 0 bridgehead atoms. The van der Waals surface area contributed by atoms with Gasteiger partial charge in [0.1, 0.15) is 6.10 Å². The highest BCUT2D eigenvalue weighted by Crippen LogP contribution is 2.32. The first-order chi connectivity index (χ1) is 7.42. The Morgan fingerprint density at radius 2 is 1.76 bits per heavy atom. The molecule has 0 aliphatic carbocycles. The summed E-state index contributed by atoms with van der Waals surface area (Å²) in [6.45, 7) is 12.0. The van der Waals surface area contributed by atoms with Crippen LogP contribution >= 0.6 is 0 Å². The average Bonchev–Trinajstić information content (AvgIpc) is 1.96. The fourth-order valence-electron chi connectivity index (χ4n) is 1.30. The van der Waals surface area contributed by atoms with Crippen LogP contribution in [0.25, 0.3) is 0 Å². The van der Waals surface area contributed by atoms with Gasteiger partial charge in [-0.25, -0.2) is 4.79 Å². The van der Waals surface area contributed by atoms with Crippen molar-refractivity contribution in [3.8, 4) is 0 Å². The molecule has 0 spiro atoms. The lowest BCUT2D eigenvalue weighted by Gasteiger charge is -2.34. The molecule has 0 aromatic carbocycles. The second-order valence-electron chi connectivity index (χ2n) is 6.36. The molecule has 1 amide bonds. The Morgan fingerprint density at radius 3 is 2.06 bits per heavy atom. The first-order valence-corrected chi connectivity index (χ1v) is 6.56. The first-order valence-electron chi connectivity index (χ1n) is 5.48. The highest BCUT2D eigenvalue weighted by Gasteiger charge is 2.32. The number of hydrogen-bond donors (Lipinski definition) is 1. The predicted octanol–water partition coefficient (Wildman–Crippen LogP) is 2.36. The van der Waals surface area contributed by atoms with E-state index in [1.54, 1.807) is 4.72 Å². The summed E-state index contributed by atoms with van der Waals surface area (Å²) < 4.78 is 27.5. The van der Waals surface area contributed by atoms with Crippen LogP contribution in [0.4, 0.5) is 4.79 Å². The molecule has 17 heavy (non-hydrogen) atoms. The van der Waals surface area contributed by atoms with Gasteiger partial charge in [-0.05, 0) is 17.3 Å². The van der Waals surface area contributed by atoms with Crippen LogP contribution < -0.4 is 4.72 Å². The zero-order chi connectivity index (χ0) is 13.9. The Hall–Kier alpha value is -0.620. The molecular formula is C11H22NO4S-. The standard InChI is InChI=1S/C11H23NO4S/c1-10(2,3)7-8(11(4,5)6)16-9(13)12-17(14)15/h8H,7H2,1-6H3,(H,12,13)(H,14,15)/p-1. The van der Waals surface area contributed by atoms with Gasteiger partial charge in [-0.2, -0.15) is 0 Å². The van der Waals surface area contributed by atoms with Gasteiger partial charge in [0.15, 0.2) is 0 Å². The molecule has 1 N–H and O–H groups in total. The van der Waals surface area contributed by atoms with Crippen LogP contribution in [-0.2, 0) is 16.0 Å². The van der Waals surface area contributed by atoms with Gasteiger partial charge in [0.05, 0.1) is 0 Å². The van der Waals surface area contributed by atoms with E-state index in [-0.39, 0.29) is 16.9 Å². The Labute approximate surface area is 106 Å². The van der Waals surface area contributed by atoms with Gasteiger partial charge in [0, 0.05) is 11.3 Å². The monoisotopic (exact) mass is 264 g/mol. The summed E-state index contributed by atoms with van der Waals surface area (Å²) in [7, 11) is 0. The van der Waals surface area contributed by atoms with Crippen LogP contribution in [0.15, 0.2) is 0 Å². The Morgan fingerprint density at radius 1 is 1.29 bits per heavy atom. The molecule has 6 heteroatoms. The normalized spacial score (nSPS) is 16.2. The zero-order valence-electron chi connectivity index (χ0n) is 11.3. The van der Waals surface area contributed by atoms with Gasteiger partial charge in [-0.1, -0.05) is 41.5 Å². The zero-order valence-corrected chi connectivity index (χ0v) is 12.1. The van der Waals surface area contributed by atoms with Crippen molar-refractivity contribution in [2.24, 2.45) is 10.8 Å². The molecule has 0 rings (SSSR count). The van der Waals surface area contributed by atoms with Crippen molar-refractivity contribution in [3.63, 3.8) is 0 Å². The van der Waals surface area contributed by atoms with E-state index in [1.165, 1.54) is 0 Å². The minimum absolute atomic E-state index is 0.00512. The fourth-order valence-corrected chi connectivity index (χ4v) is 1.49. The van der Waals surface area contributed by atoms with Crippen molar-refractivity contribution >= 4 is 17.4 Å². The van der Waals surface area contributed by atoms with Crippen molar-refractivity contribution in [1.82, 2.24) is 4.72 Å². The lowest BCUT2D eigenvalue weighted by atomic mass is 9.78. The molecule has 0 saturated carbocycles. The van der Waals surface area contributed by atoms with Gasteiger partial charge in [0.25, 0.3) is 0 Å². The fraction of sp³-hybridized carbons (Fsp3) is 0.909. The third kappa shape index (κ3) is 8.15. The third-order valence-corrected chi connectivity index (χ3v) is 2.51. The van der Waals surface area contributed by atoms with E-state index in [0.717, 1.165) is 0 Å². The SMILES string of the molecule is CC(C)(C)CC(OC(=O)NS(=O)[O-])C(C)(C)C. The van der Waals surface area contributed by atoms with E-state index in [9.17, 15) is 13.6 Å². The van der Waals surface area contributed by atoms with E-state index >= 15 is 0 Å². The molecule has 0 aliphatic rings. The molecule has 0 saturated heterocycles. The van der Waals surface area contributed by atoms with Crippen molar-refractivity contribution in [3.05, 3.63) is 0 Å². The maximum absolute atomic E-state index is 11.3. The lowest BCUT2D eigenvalue weighted by Crippen LogP contribution is -2.38. The summed E-state index contributed by atoms with van der Waals surface area (Å²) in [6, 6.07) is 0. The Bertz CT molecular complexity index is 291.